The highest BCUT2D eigenvalue weighted by molar-refractivity contribution is 6.08. The van der Waals surface area contributed by atoms with Crippen molar-refractivity contribution in [2.24, 2.45) is 5.92 Å². The van der Waals surface area contributed by atoms with Crippen LogP contribution in [-0.4, -0.2) is 44.6 Å². The molecule has 0 aromatic heterocycles. The van der Waals surface area contributed by atoms with Crippen LogP contribution in [0.2, 0.25) is 0 Å². The molecule has 1 heterocycles. The molecule has 5 heteroatoms. The van der Waals surface area contributed by atoms with Crippen molar-refractivity contribution in [3.8, 4) is 5.75 Å². The number of carbonyl (C=O) groups excluding carboxylic acids is 1. The normalized spacial score (nSPS) is 15.0. The molecule has 1 saturated heterocycles. The van der Waals surface area contributed by atoms with Crippen molar-refractivity contribution >= 4 is 29.1 Å². The van der Waals surface area contributed by atoms with Gasteiger partial charge in [-0.25, -0.2) is 0 Å². The number of rotatable bonds is 5. The summed E-state index contributed by atoms with van der Waals surface area (Å²) in [5, 5.41) is 5.18. The van der Waals surface area contributed by atoms with Gasteiger partial charge in [0.1, 0.15) is 5.75 Å². The Kier molecular flexibility index (Phi) is 7.09. The molecule has 0 unspecified atom stereocenters. The molecule has 0 saturated carbocycles. The molecule has 1 fully saturated rings. The van der Waals surface area contributed by atoms with Crippen LogP contribution in [0.4, 0.5) is 0 Å². The minimum atomic E-state index is 0. The predicted molar refractivity (Wildman–Crippen MR) is 105 cm³/mol. The summed E-state index contributed by atoms with van der Waals surface area (Å²) in [5.74, 6) is 1.68. The first-order valence-corrected chi connectivity index (χ1v) is 8.74. The van der Waals surface area contributed by atoms with E-state index in [0.29, 0.717) is 0 Å². The molecule has 1 N–H and O–H groups in total. The Morgan fingerprint density at radius 3 is 2.48 bits per heavy atom. The van der Waals surface area contributed by atoms with Gasteiger partial charge in [-0.15, -0.1) is 12.4 Å². The molecule has 4 nitrogen and oxygen atoms in total. The van der Waals surface area contributed by atoms with E-state index in [-0.39, 0.29) is 18.3 Å². The summed E-state index contributed by atoms with van der Waals surface area (Å²) in [6.45, 7) is 2.77. The molecule has 1 aliphatic heterocycles. The van der Waals surface area contributed by atoms with Gasteiger partial charge in [0.2, 0.25) is 0 Å². The number of carbonyl (C=O) groups is 1. The van der Waals surface area contributed by atoms with Gasteiger partial charge >= 0.3 is 0 Å². The van der Waals surface area contributed by atoms with Gasteiger partial charge < -0.3 is 15.0 Å². The van der Waals surface area contributed by atoms with Gasteiger partial charge in [-0.1, -0.05) is 24.3 Å². The molecule has 1 amide bonds. The highest BCUT2D eigenvalue weighted by Crippen LogP contribution is 2.30. The largest absolute Gasteiger partial charge is 0.496 e. The molecule has 2 aromatic carbocycles. The maximum absolute atomic E-state index is 13.0. The van der Waals surface area contributed by atoms with Crippen molar-refractivity contribution in [3.63, 3.8) is 0 Å². The summed E-state index contributed by atoms with van der Waals surface area (Å²) in [7, 11) is 3.66. The molecule has 2 aromatic rings. The lowest BCUT2D eigenvalue weighted by molar-refractivity contribution is 0.0689. The van der Waals surface area contributed by atoms with Gasteiger partial charge in [-0.2, -0.15) is 0 Å². The molecule has 0 atom stereocenters. The Morgan fingerprint density at radius 1 is 1.16 bits per heavy atom. The van der Waals surface area contributed by atoms with Crippen molar-refractivity contribution < 1.29 is 9.53 Å². The van der Waals surface area contributed by atoms with Gasteiger partial charge in [-0.3, -0.25) is 4.79 Å². The third-order valence-corrected chi connectivity index (χ3v) is 5.04. The van der Waals surface area contributed by atoms with E-state index in [1.54, 1.807) is 7.11 Å². The quantitative estimate of drug-likeness (QED) is 0.881. The van der Waals surface area contributed by atoms with Crippen LogP contribution in [0.25, 0.3) is 10.8 Å². The van der Waals surface area contributed by atoms with Crippen LogP contribution in [0.1, 0.15) is 29.6 Å². The zero-order valence-electron chi connectivity index (χ0n) is 15.0. The van der Waals surface area contributed by atoms with Crippen molar-refractivity contribution in [3.05, 3.63) is 42.0 Å². The molecular formula is C20H27ClN2O2. The van der Waals surface area contributed by atoms with E-state index in [0.717, 1.165) is 60.5 Å². The van der Waals surface area contributed by atoms with Crippen LogP contribution in [-0.2, 0) is 0 Å². The van der Waals surface area contributed by atoms with Crippen LogP contribution in [0.3, 0.4) is 0 Å². The second-order valence-electron chi connectivity index (χ2n) is 6.49. The van der Waals surface area contributed by atoms with Crippen LogP contribution in [0, 0.1) is 5.92 Å². The molecule has 25 heavy (non-hydrogen) atoms. The lowest BCUT2D eigenvalue weighted by Crippen LogP contribution is -2.39. The number of hydrogen-bond donors (Lipinski definition) is 1. The second kappa shape index (κ2) is 9.07. The minimum Gasteiger partial charge on any atom is -0.496 e. The topological polar surface area (TPSA) is 41.6 Å². The summed E-state index contributed by atoms with van der Waals surface area (Å²) >= 11 is 0. The molecule has 0 bridgehead atoms. The highest BCUT2D eigenvalue weighted by atomic mass is 35.5. The first kappa shape index (κ1) is 19.5. The third-order valence-electron chi connectivity index (χ3n) is 5.04. The first-order valence-electron chi connectivity index (χ1n) is 8.74. The van der Waals surface area contributed by atoms with Crippen molar-refractivity contribution in [2.45, 2.75) is 19.3 Å². The summed E-state index contributed by atoms with van der Waals surface area (Å²) in [6, 6.07) is 11.8. The monoisotopic (exact) mass is 362 g/mol. The average molecular weight is 363 g/mol. The van der Waals surface area contributed by atoms with Crippen LogP contribution in [0.15, 0.2) is 36.4 Å². The maximum Gasteiger partial charge on any atom is 0.254 e. The standard InChI is InChI=1S/C20H26N2O2.ClH/c1-21-12-9-15-10-13-22(14-11-15)20(23)18-7-8-19(24-2)17-6-4-3-5-16(17)18;/h3-8,15,21H,9-14H2,1-2H3;1H. The fourth-order valence-electron chi connectivity index (χ4n) is 3.58. The molecule has 136 valence electrons. The first-order chi connectivity index (χ1) is 11.7. The number of piperidine rings is 1. The van der Waals surface area contributed by atoms with Crippen LogP contribution in [0.5, 0.6) is 5.75 Å². The number of methoxy groups -OCH3 is 1. The molecule has 3 rings (SSSR count). The Bertz CT molecular complexity index is 712. The maximum atomic E-state index is 13.0. The average Bonchev–Trinajstić information content (AvgIpc) is 2.65. The number of halogens is 1. The Balaban J connectivity index is 0.00000225. The Hall–Kier alpha value is -1.78. The van der Waals surface area contributed by atoms with Gasteiger partial charge in [-0.05, 0) is 56.3 Å². The minimum absolute atomic E-state index is 0. The molecule has 0 aliphatic carbocycles. The van der Waals surface area contributed by atoms with E-state index in [1.807, 2.05) is 48.3 Å². The molecule has 1 aliphatic rings. The number of ether oxygens (including phenoxy) is 1. The van der Waals surface area contributed by atoms with E-state index >= 15 is 0 Å². The van der Waals surface area contributed by atoms with Crippen molar-refractivity contribution in [1.82, 2.24) is 10.2 Å². The fraction of sp³-hybridized carbons (Fsp3) is 0.450. The number of nitrogens with one attached hydrogen (secondary N) is 1. The van der Waals surface area contributed by atoms with Gasteiger partial charge in [0, 0.05) is 24.0 Å². The van der Waals surface area contributed by atoms with Crippen LogP contribution >= 0.6 is 12.4 Å². The number of hydrogen-bond acceptors (Lipinski definition) is 3. The van der Waals surface area contributed by atoms with Crippen molar-refractivity contribution in [2.75, 3.05) is 33.8 Å². The highest BCUT2D eigenvalue weighted by Gasteiger charge is 2.24. The van der Waals surface area contributed by atoms with E-state index < -0.39 is 0 Å². The van der Waals surface area contributed by atoms with Gasteiger partial charge in [0.15, 0.2) is 0 Å². The summed E-state index contributed by atoms with van der Waals surface area (Å²) in [4.78, 5) is 15.0. The SMILES string of the molecule is CNCCC1CCN(C(=O)c2ccc(OC)c3ccccc23)CC1.Cl. The van der Waals surface area contributed by atoms with Crippen LogP contribution < -0.4 is 10.1 Å². The van der Waals surface area contributed by atoms with Crippen molar-refractivity contribution in [1.29, 1.82) is 0 Å². The number of amides is 1. The number of nitrogens with zero attached hydrogens (tertiary/aromatic N) is 1. The molecule has 0 spiro atoms. The fourth-order valence-corrected chi connectivity index (χ4v) is 3.58. The predicted octanol–water partition coefficient (Wildman–Crippen LogP) is 3.73. The smallest absolute Gasteiger partial charge is 0.254 e. The third kappa shape index (κ3) is 4.25. The van der Waals surface area contributed by atoms with Gasteiger partial charge in [0.25, 0.3) is 5.91 Å². The number of fused-ring (bicyclic) bond motifs is 1. The number of likely N-dealkylation sites (tertiary alicyclic amines) is 1. The second-order valence-corrected chi connectivity index (χ2v) is 6.49. The Labute approximate surface area is 155 Å². The number of benzene rings is 2. The molecule has 0 radical (unpaired) electrons. The summed E-state index contributed by atoms with van der Waals surface area (Å²) in [5.41, 5.74) is 0.778. The zero-order valence-corrected chi connectivity index (χ0v) is 15.8. The van der Waals surface area contributed by atoms with E-state index in [1.165, 1.54) is 6.42 Å². The lowest BCUT2D eigenvalue weighted by atomic mass is 9.93. The van der Waals surface area contributed by atoms with E-state index in [9.17, 15) is 4.79 Å². The zero-order chi connectivity index (χ0) is 16.9. The van der Waals surface area contributed by atoms with E-state index in [2.05, 4.69) is 5.32 Å². The van der Waals surface area contributed by atoms with Gasteiger partial charge in [0.05, 0.1) is 7.11 Å². The molecular weight excluding hydrogens is 336 g/mol. The summed E-state index contributed by atoms with van der Waals surface area (Å²) in [6.07, 6.45) is 3.40. The Morgan fingerprint density at radius 2 is 1.84 bits per heavy atom. The summed E-state index contributed by atoms with van der Waals surface area (Å²) < 4.78 is 5.43. The lowest BCUT2D eigenvalue weighted by Gasteiger charge is -2.32. The van der Waals surface area contributed by atoms with E-state index in [4.69, 9.17) is 4.74 Å².